The fourth-order valence-electron chi connectivity index (χ4n) is 4.00. The highest BCUT2D eigenvalue weighted by atomic mass is 32.1. The zero-order chi connectivity index (χ0) is 25.5. The van der Waals surface area contributed by atoms with Crippen LogP contribution in [0.5, 0.6) is 5.75 Å². The molecule has 0 bridgehead atoms. The van der Waals surface area contributed by atoms with Crippen molar-refractivity contribution < 1.29 is 19.1 Å². The van der Waals surface area contributed by atoms with Gasteiger partial charge in [-0.2, -0.15) is 0 Å². The molecular weight excluding hydrogens is 478 g/mol. The minimum absolute atomic E-state index is 0.00173. The molecule has 1 fully saturated rings. The lowest BCUT2D eigenvalue weighted by atomic mass is 10.0. The number of nitrogens with one attached hydrogen (secondary N) is 2. The quantitative estimate of drug-likeness (QED) is 0.486. The highest BCUT2D eigenvalue weighted by Gasteiger charge is 2.30. The molecule has 3 amide bonds. The van der Waals surface area contributed by atoms with E-state index in [1.165, 1.54) is 18.3 Å². The molecule has 1 aromatic heterocycles. The molecule has 9 nitrogen and oxygen atoms in total. The van der Waals surface area contributed by atoms with E-state index in [1.807, 2.05) is 54.6 Å². The van der Waals surface area contributed by atoms with E-state index >= 15 is 0 Å². The highest BCUT2D eigenvalue weighted by molar-refractivity contribution is 7.14. The highest BCUT2D eigenvalue weighted by Crippen LogP contribution is 2.24. The van der Waals surface area contributed by atoms with Gasteiger partial charge in [0.05, 0.1) is 7.11 Å². The van der Waals surface area contributed by atoms with Crippen LogP contribution in [-0.2, 0) is 16.0 Å². The van der Waals surface area contributed by atoms with Crippen molar-refractivity contribution in [3.63, 3.8) is 0 Å². The van der Waals surface area contributed by atoms with Crippen molar-refractivity contribution >= 4 is 39.9 Å². The van der Waals surface area contributed by atoms with Gasteiger partial charge in [0.1, 0.15) is 17.5 Å². The third kappa shape index (κ3) is 6.39. The molecule has 1 saturated heterocycles. The Morgan fingerprint density at radius 1 is 1.03 bits per heavy atom. The first-order chi connectivity index (χ1) is 17.4. The van der Waals surface area contributed by atoms with E-state index in [0.29, 0.717) is 43.5 Å². The number of anilines is 2. The minimum Gasteiger partial charge on any atom is -0.497 e. The topological polar surface area (TPSA) is 104 Å². The van der Waals surface area contributed by atoms with Crippen LogP contribution in [0.4, 0.5) is 10.8 Å². The molecule has 1 aliphatic heterocycles. The summed E-state index contributed by atoms with van der Waals surface area (Å²) in [5.74, 6) is 0.126. The number of rotatable bonds is 8. The van der Waals surface area contributed by atoms with Gasteiger partial charge in [0.25, 0.3) is 5.91 Å². The maximum Gasteiger partial charge on any atom is 0.271 e. The third-order valence-corrected chi connectivity index (χ3v) is 6.74. The molecule has 1 aliphatic rings. The summed E-state index contributed by atoms with van der Waals surface area (Å²) in [5, 5.41) is 8.28. The molecule has 0 spiro atoms. The van der Waals surface area contributed by atoms with Crippen LogP contribution in [0.3, 0.4) is 0 Å². The van der Waals surface area contributed by atoms with Crippen LogP contribution >= 0.6 is 11.3 Å². The second-order valence-corrected chi connectivity index (χ2v) is 9.30. The predicted octanol–water partition coefficient (Wildman–Crippen LogP) is 2.93. The molecule has 3 aromatic rings. The first-order valence-corrected chi connectivity index (χ1v) is 12.6. The standard InChI is InChI=1S/C26H29N5O4S/c1-18(32)30-11-13-31(14-12-30)25(34)22(15-19-7-4-3-5-8-19)28-24(33)23-17-36-26(29-23)27-20-9-6-10-21(16-20)35-2/h3-10,16-17,22H,11-15H2,1-2H3,(H,27,29)(H,28,33). The van der Waals surface area contributed by atoms with Crippen molar-refractivity contribution in [3.05, 3.63) is 71.2 Å². The summed E-state index contributed by atoms with van der Waals surface area (Å²) in [6, 6.07) is 16.2. The average Bonchev–Trinajstić information content (AvgIpc) is 3.37. The van der Waals surface area contributed by atoms with Crippen molar-refractivity contribution in [2.45, 2.75) is 19.4 Å². The summed E-state index contributed by atoms with van der Waals surface area (Å²) in [6.45, 7) is 3.37. The number of ether oxygens (including phenoxy) is 1. The third-order valence-electron chi connectivity index (χ3n) is 5.98. The average molecular weight is 508 g/mol. The van der Waals surface area contributed by atoms with Crippen LogP contribution in [0.2, 0.25) is 0 Å². The lowest BCUT2D eigenvalue weighted by Gasteiger charge is -2.36. The molecule has 2 aromatic carbocycles. The Morgan fingerprint density at radius 3 is 2.44 bits per heavy atom. The summed E-state index contributed by atoms with van der Waals surface area (Å²) in [7, 11) is 1.60. The molecule has 36 heavy (non-hydrogen) atoms. The van der Waals surface area contributed by atoms with Crippen LogP contribution < -0.4 is 15.4 Å². The number of aromatic nitrogens is 1. The van der Waals surface area contributed by atoms with E-state index < -0.39 is 11.9 Å². The number of piperazine rings is 1. The van der Waals surface area contributed by atoms with Gasteiger partial charge in [-0.3, -0.25) is 14.4 Å². The molecule has 0 radical (unpaired) electrons. The van der Waals surface area contributed by atoms with Gasteiger partial charge >= 0.3 is 0 Å². The molecular formula is C26H29N5O4S. The first kappa shape index (κ1) is 25.2. The first-order valence-electron chi connectivity index (χ1n) is 11.7. The Morgan fingerprint density at radius 2 is 1.75 bits per heavy atom. The van der Waals surface area contributed by atoms with Gasteiger partial charge < -0.3 is 25.2 Å². The van der Waals surface area contributed by atoms with Gasteiger partial charge in [-0.25, -0.2) is 4.98 Å². The molecule has 1 unspecified atom stereocenters. The monoisotopic (exact) mass is 507 g/mol. The molecule has 188 valence electrons. The van der Waals surface area contributed by atoms with Gasteiger partial charge in [-0.15, -0.1) is 11.3 Å². The normalized spacial score (nSPS) is 14.2. The molecule has 0 saturated carbocycles. The van der Waals surface area contributed by atoms with Crippen LogP contribution in [0.1, 0.15) is 23.0 Å². The fraction of sp³-hybridized carbons (Fsp3) is 0.308. The predicted molar refractivity (Wildman–Crippen MR) is 139 cm³/mol. The van der Waals surface area contributed by atoms with E-state index in [0.717, 1.165) is 11.3 Å². The zero-order valence-corrected chi connectivity index (χ0v) is 21.1. The van der Waals surface area contributed by atoms with E-state index in [1.54, 1.807) is 22.3 Å². The molecule has 1 atom stereocenters. The van der Waals surface area contributed by atoms with Gasteiger partial charge in [0.15, 0.2) is 5.13 Å². The Bertz CT molecular complexity index is 1210. The van der Waals surface area contributed by atoms with Crippen molar-refractivity contribution in [3.8, 4) is 5.75 Å². The Labute approximate surface area is 214 Å². The van der Waals surface area contributed by atoms with Gasteiger partial charge in [0, 0.05) is 56.7 Å². The second-order valence-electron chi connectivity index (χ2n) is 8.44. The lowest BCUT2D eigenvalue weighted by molar-refractivity contribution is -0.139. The van der Waals surface area contributed by atoms with Gasteiger partial charge in [-0.05, 0) is 17.7 Å². The molecule has 4 rings (SSSR count). The molecule has 10 heteroatoms. The number of carbonyl (C=O) groups is 3. The van der Waals surface area contributed by atoms with Crippen molar-refractivity contribution in [1.29, 1.82) is 0 Å². The Hall–Kier alpha value is -3.92. The maximum absolute atomic E-state index is 13.4. The van der Waals surface area contributed by atoms with E-state index in [9.17, 15) is 14.4 Å². The maximum atomic E-state index is 13.4. The lowest BCUT2D eigenvalue weighted by Crippen LogP contribution is -2.56. The Kier molecular flexibility index (Phi) is 8.17. The summed E-state index contributed by atoms with van der Waals surface area (Å²) in [5.41, 5.74) is 1.97. The summed E-state index contributed by atoms with van der Waals surface area (Å²) in [6.07, 6.45) is 0.359. The van der Waals surface area contributed by atoms with Crippen molar-refractivity contribution in [1.82, 2.24) is 20.1 Å². The van der Waals surface area contributed by atoms with Crippen LogP contribution in [0, 0.1) is 0 Å². The summed E-state index contributed by atoms with van der Waals surface area (Å²) >= 11 is 1.30. The van der Waals surface area contributed by atoms with Gasteiger partial charge in [-0.1, -0.05) is 36.4 Å². The van der Waals surface area contributed by atoms with E-state index in [-0.39, 0.29) is 17.5 Å². The van der Waals surface area contributed by atoms with Crippen LogP contribution in [0.15, 0.2) is 60.0 Å². The number of thiazole rings is 1. The zero-order valence-electron chi connectivity index (χ0n) is 20.3. The summed E-state index contributed by atoms with van der Waals surface area (Å²) < 4.78 is 5.24. The number of carbonyl (C=O) groups excluding carboxylic acids is 3. The second kappa shape index (κ2) is 11.7. The smallest absolute Gasteiger partial charge is 0.271 e. The van der Waals surface area contributed by atoms with E-state index in [4.69, 9.17) is 4.74 Å². The number of benzene rings is 2. The Balaban J connectivity index is 1.45. The minimum atomic E-state index is -0.750. The van der Waals surface area contributed by atoms with Crippen molar-refractivity contribution in [2.24, 2.45) is 0 Å². The number of nitrogens with zero attached hydrogens (tertiary/aromatic N) is 3. The molecule has 2 heterocycles. The van der Waals surface area contributed by atoms with Crippen LogP contribution in [-0.4, -0.2) is 71.8 Å². The fourth-order valence-corrected chi connectivity index (χ4v) is 4.71. The van der Waals surface area contributed by atoms with Gasteiger partial charge in [0.2, 0.25) is 11.8 Å². The molecule has 0 aliphatic carbocycles. The number of hydrogen-bond acceptors (Lipinski definition) is 7. The number of methoxy groups -OCH3 is 1. The van der Waals surface area contributed by atoms with E-state index in [2.05, 4.69) is 15.6 Å². The summed E-state index contributed by atoms with van der Waals surface area (Å²) in [4.78, 5) is 46.0. The van der Waals surface area contributed by atoms with Crippen molar-refractivity contribution in [2.75, 3.05) is 38.6 Å². The SMILES string of the molecule is COc1cccc(Nc2nc(C(=O)NC(Cc3ccccc3)C(=O)N3CCN(C(C)=O)CC3)cs2)c1. The number of amides is 3. The largest absolute Gasteiger partial charge is 0.497 e. The molecule has 2 N–H and O–H groups in total. The van der Waals surface area contributed by atoms with Crippen LogP contribution in [0.25, 0.3) is 0 Å². The number of hydrogen-bond donors (Lipinski definition) is 2.